The van der Waals surface area contributed by atoms with Gasteiger partial charge in [0.2, 0.25) is 0 Å². The van der Waals surface area contributed by atoms with Crippen LogP contribution in [0.1, 0.15) is 17.3 Å². The number of fused-ring (bicyclic) bond motifs is 1. The lowest BCUT2D eigenvalue weighted by Gasteiger charge is -2.18. The van der Waals surface area contributed by atoms with Crippen molar-refractivity contribution >= 4 is 34.2 Å². The van der Waals surface area contributed by atoms with Gasteiger partial charge >= 0.3 is 5.97 Å². The number of ether oxygens (including phenoxy) is 1. The van der Waals surface area contributed by atoms with Crippen molar-refractivity contribution < 1.29 is 9.53 Å². The van der Waals surface area contributed by atoms with Crippen molar-refractivity contribution in [3.8, 4) is 0 Å². The smallest absolute Gasteiger partial charge is 0.341 e. The first-order valence-electron chi connectivity index (χ1n) is 5.97. The fraction of sp³-hybridized carbons (Fsp3) is 0.286. The second-order valence-electron chi connectivity index (χ2n) is 4.30. The highest BCUT2D eigenvalue weighted by molar-refractivity contribution is 6.31. The molecular weight excluding hydrogens is 264 g/mol. The summed E-state index contributed by atoms with van der Waals surface area (Å²) in [6.45, 7) is 2.12. The van der Waals surface area contributed by atoms with Gasteiger partial charge in [0, 0.05) is 30.7 Å². The molecule has 4 nitrogen and oxygen atoms in total. The number of esters is 1. The van der Waals surface area contributed by atoms with Crippen LogP contribution in [-0.4, -0.2) is 31.7 Å². The van der Waals surface area contributed by atoms with E-state index in [4.69, 9.17) is 16.3 Å². The van der Waals surface area contributed by atoms with E-state index >= 15 is 0 Å². The Bertz CT molecular complexity index is 626. The summed E-state index contributed by atoms with van der Waals surface area (Å²) in [7, 11) is 3.76. The first-order valence-corrected chi connectivity index (χ1v) is 6.35. The minimum atomic E-state index is -0.365. The highest BCUT2D eigenvalue weighted by atomic mass is 35.5. The molecule has 1 heterocycles. The summed E-state index contributed by atoms with van der Waals surface area (Å²) in [5.41, 5.74) is 2.01. The first-order chi connectivity index (χ1) is 9.04. The molecule has 0 saturated heterocycles. The SMILES string of the molecule is CCOC(=O)c1cnc2cc(Cl)ccc2c1N(C)C. The molecule has 0 N–H and O–H groups in total. The van der Waals surface area contributed by atoms with Crippen LogP contribution in [0.3, 0.4) is 0 Å². The van der Waals surface area contributed by atoms with Gasteiger partial charge in [-0.2, -0.15) is 0 Å². The van der Waals surface area contributed by atoms with Gasteiger partial charge in [-0.25, -0.2) is 4.79 Å². The van der Waals surface area contributed by atoms with Gasteiger partial charge in [-0.15, -0.1) is 0 Å². The number of hydrogen-bond acceptors (Lipinski definition) is 4. The zero-order chi connectivity index (χ0) is 14.0. The van der Waals surface area contributed by atoms with E-state index in [2.05, 4.69) is 4.98 Å². The molecular formula is C14H15ClN2O2. The molecule has 0 spiro atoms. The molecule has 1 aromatic heterocycles. The summed E-state index contributed by atoms with van der Waals surface area (Å²) < 4.78 is 5.06. The number of rotatable bonds is 3. The largest absolute Gasteiger partial charge is 0.462 e. The molecule has 5 heteroatoms. The maximum Gasteiger partial charge on any atom is 0.341 e. The Labute approximate surface area is 116 Å². The second-order valence-corrected chi connectivity index (χ2v) is 4.73. The van der Waals surface area contributed by atoms with Crippen molar-refractivity contribution in [1.29, 1.82) is 0 Å². The summed E-state index contributed by atoms with van der Waals surface area (Å²) in [5, 5.41) is 1.49. The predicted molar refractivity (Wildman–Crippen MR) is 77.0 cm³/mol. The van der Waals surface area contributed by atoms with Crippen LogP contribution in [-0.2, 0) is 4.74 Å². The average molecular weight is 279 g/mol. The molecule has 1 aromatic carbocycles. The van der Waals surface area contributed by atoms with Crippen molar-refractivity contribution in [3.05, 3.63) is 35.0 Å². The third-order valence-electron chi connectivity index (χ3n) is 2.75. The fourth-order valence-electron chi connectivity index (χ4n) is 1.99. The third kappa shape index (κ3) is 2.63. The molecule has 100 valence electrons. The molecule has 0 atom stereocenters. The average Bonchev–Trinajstić information content (AvgIpc) is 2.37. The molecule has 0 saturated carbocycles. The first kappa shape index (κ1) is 13.6. The van der Waals surface area contributed by atoms with E-state index in [0.29, 0.717) is 17.2 Å². The Morgan fingerprint density at radius 3 is 2.79 bits per heavy atom. The Hall–Kier alpha value is -1.81. The zero-order valence-corrected chi connectivity index (χ0v) is 11.9. The van der Waals surface area contributed by atoms with E-state index in [9.17, 15) is 4.79 Å². The van der Waals surface area contributed by atoms with Gasteiger partial charge in [-0.3, -0.25) is 4.98 Å². The van der Waals surface area contributed by atoms with Gasteiger partial charge in [-0.05, 0) is 25.1 Å². The number of carbonyl (C=O) groups is 1. The Morgan fingerprint density at radius 2 is 2.16 bits per heavy atom. The zero-order valence-electron chi connectivity index (χ0n) is 11.1. The molecule has 0 aliphatic rings. The van der Waals surface area contributed by atoms with E-state index in [1.165, 1.54) is 6.20 Å². The van der Waals surface area contributed by atoms with Crippen molar-refractivity contribution in [1.82, 2.24) is 4.98 Å². The quantitative estimate of drug-likeness (QED) is 0.809. The van der Waals surface area contributed by atoms with E-state index in [1.54, 1.807) is 19.1 Å². The summed E-state index contributed by atoms with van der Waals surface area (Å²) >= 11 is 5.96. The number of aromatic nitrogens is 1. The minimum Gasteiger partial charge on any atom is -0.462 e. The molecule has 0 aliphatic heterocycles. The van der Waals surface area contributed by atoms with Crippen molar-refractivity contribution in [2.45, 2.75) is 6.92 Å². The highest BCUT2D eigenvalue weighted by Gasteiger charge is 2.18. The van der Waals surface area contributed by atoms with Crippen molar-refractivity contribution in [3.63, 3.8) is 0 Å². The van der Waals surface area contributed by atoms with E-state index < -0.39 is 0 Å². The molecule has 2 aromatic rings. The number of benzene rings is 1. The van der Waals surface area contributed by atoms with Crippen LogP contribution >= 0.6 is 11.6 Å². The molecule has 0 fully saturated rings. The lowest BCUT2D eigenvalue weighted by Crippen LogP contribution is -2.16. The lowest BCUT2D eigenvalue weighted by atomic mass is 10.1. The lowest BCUT2D eigenvalue weighted by molar-refractivity contribution is 0.0527. The van der Waals surface area contributed by atoms with Gasteiger partial charge in [0.1, 0.15) is 5.56 Å². The van der Waals surface area contributed by atoms with Crippen molar-refractivity contribution in [2.24, 2.45) is 0 Å². The minimum absolute atomic E-state index is 0.338. The van der Waals surface area contributed by atoms with Gasteiger partial charge in [-0.1, -0.05) is 11.6 Å². The van der Waals surface area contributed by atoms with Crippen LogP contribution in [0.15, 0.2) is 24.4 Å². The molecule has 2 rings (SSSR count). The van der Waals surface area contributed by atoms with E-state index in [-0.39, 0.29) is 5.97 Å². The second kappa shape index (κ2) is 5.45. The number of halogens is 1. The predicted octanol–water partition coefficient (Wildman–Crippen LogP) is 3.13. The molecule has 0 amide bonds. The number of pyridine rings is 1. The molecule has 0 unspecified atom stereocenters. The monoisotopic (exact) mass is 278 g/mol. The normalized spacial score (nSPS) is 10.5. The number of hydrogen-bond donors (Lipinski definition) is 0. The highest BCUT2D eigenvalue weighted by Crippen LogP contribution is 2.30. The summed E-state index contributed by atoms with van der Waals surface area (Å²) in [5.74, 6) is -0.365. The summed E-state index contributed by atoms with van der Waals surface area (Å²) in [6.07, 6.45) is 1.53. The number of carbonyl (C=O) groups excluding carboxylic acids is 1. The van der Waals surface area contributed by atoms with Crippen molar-refractivity contribution in [2.75, 3.05) is 25.6 Å². The standard InChI is InChI=1S/C14H15ClN2O2/c1-4-19-14(18)11-8-16-12-7-9(15)5-6-10(12)13(11)17(2)3/h5-8H,4H2,1-3H3. The summed E-state index contributed by atoms with van der Waals surface area (Å²) in [6, 6.07) is 5.43. The molecule has 19 heavy (non-hydrogen) atoms. The fourth-order valence-corrected chi connectivity index (χ4v) is 2.16. The van der Waals surface area contributed by atoms with Crippen LogP contribution in [0.4, 0.5) is 5.69 Å². The Kier molecular flexibility index (Phi) is 3.90. The Balaban J connectivity index is 2.69. The van der Waals surface area contributed by atoms with Crippen LogP contribution in [0.2, 0.25) is 5.02 Å². The van der Waals surface area contributed by atoms with Crippen LogP contribution in [0.5, 0.6) is 0 Å². The van der Waals surface area contributed by atoms with E-state index in [0.717, 1.165) is 16.6 Å². The van der Waals surface area contributed by atoms with Gasteiger partial charge in [0.05, 0.1) is 17.8 Å². The van der Waals surface area contributed by atoms with Gasteiger partial charge < -0.3 is 9.64 Å². The third-order valence-corrected chi connectivity index (χ3v) is 2.98. The van der Waals surface area contributed by atoms with Crippen LogP contribution in [0, 0.1) is 0 Å². The van der Waals surface area contributed by atoms with Gasteiger partial charge in [0.15, 0.2) is 0 Å². The van der Waals surface area contributed by atoms with E-state index in [1.807, 2.05) is 25.1 Å². The molecule has 0 radical (unpaired) electrons. The number of nitrogens with zero attached hydrogens (tertiary/aromatic N) is 2. The number of anilines is 1. The topological polar surface area (TPSA) is 42.4 Å². The van der Waals surface area contributed by atoms with Crippen LogP contribution in [0.25, 0.3) is 10.9 Å². The Morgan fingerprint density at radius 1 is 1.42 bits per heavy atom. The van der Waals surface area contributed by atoms with Gasteiger partial charge in [0.25, 0.3) is 0 Å². The molecule has 0 aliphatic carbocycles. The summed E-state index contributed by atoms with van der Waals surface area (Å²) in [4.78, 5) is 18.1. The molecule has 0 bridgehead atoms. The van der Waals surface area contributed by atoms with Crippen LogP contribution < -0.4 is 4.90 Å². The maximum atomic E-state index is 12.0. The maximum absolute atomic E-state index is 12.0.